The SMILES string of the molecule is CC(C)[C@H](NC(=O)c1cccn2c(-c3ccc(Nc4nccs4)cc3)nnc12)C(=O)O. The van der Waals surface area contributed by atoms with Gasteiger partial charge in [0, 0.05) is 29.0 Å². The summed E-state index contributed by atoms with van der Waals surface area (Å²) in [6, 6.07) is 9.94. The largest absolute Gasteiger partial charge is 0.480 e. The number of carboxylic acid groups (broad SMARTS) is 1. The molecule has 0 radical (unpaired) electrons. The molecule has 0 saturated carbocycles. The fourth-order valence-corrected chi connectivity index (χ4v) is 3.68. The summed E-state index contributed by atoms with van der Waals surface area (Å²) in [6.45, 7) is 3.48. The van der Waals surface area contributed by atoms with E-state index in [-0.39, 0.29) is 11.5 Å². The van der Waals surface area contributed by atoms with Crippen molar-refractivity contribution in [3.8, 4) is 11.4 Å². The number of rotatable bonds is 7. The molecule has 0 aliphatic rings. The second-order valence-electron chi connectivity index (χ2n) is 7.21. The summed E-state index contributed by atoms with van der Waals surface area (Å²) in [6.07, 6.45) is 3.50. The van der Waals surface area contributed by atoms with Crippen molar-refractivity contribution in [1.82, 2.24) is 24.9 Å². The molecule has 1 atom stereocenters. The van der Waals surface area contributed by atoms with Crippen molar-refractivity contribution in [1.29, 1.82) is 0 Å². The number of amides is 1. The van der Waals surface area contributed by atoms with Gasteiger partial charge in [0.25, 0.3) is 5.91 Å². The predicted octanol–water partition coefficient (Wildman–Crippen LogP) is 3.44. The minimum absolute atomic E-state index is 0.258. The predicted molar refractivity (Wildman–Crippen MR) is 118 cm³/mol. The third-order valence-electron chi connectivity index (χ3n) is 4.73. The number of aliphatic carboxylic acids is 1. The number of carbonyl (C=O) groups is 2. The van der Waals surface area contributed by atoms with E-state index >= 15 is 0 Å². The van der Waals surface area contributed by atoms with Gasteiger partial charge in [-0.1, -0.05) is 13.8 Å². The molecule has 0 aliphatic carbocycles. The molecule has 0 bridgehead atoms. The summed E-state index contributed by atoms with van der Waals surface area (Å²) >= 11 is 1.51. The topological polar surface area (TPSA) is 122 Å². The number of carbonyl (C=O) groups excluding carboxylic acids is 1. The highest BCUT2D eigenvalue weighted by molar-refractivity contribution is 7.13. The second-order valence-corrected chi connectivity index (χ2v) is 8.11. The van der Waals surface area contributed by atoms with Gasteiger partial charge in [0.2, 0.25) is 0 Å². The summed E-state index contributed by atoms with van der Waals surface area (Å²) in [5.74, 6) is -1.27. The van der Waals surface area contributed by atoms with Gasteiger partial charge in [-0.05, 0) is 42.3 Å². The monoisotopic (exact) mass is 436 g/mol. The Labute approximate surface area is 181 Å². The van der Waals surface area contributed by atoms with Crippen molar-refractivity contribution in [3.63, 3.8) is 0 Å². The Bertz CT molecular complexity index is 1220. The van der Waals surface area contributed by atoms with Crippen molar-refractivity contribution < 1.29 is 14.7 Å². The minimum atomic E-state index is -1.08. The number of nitrogens with zero attached hydrogens (tertiary/aromatic N) is 4. The number of hydrogen-bond acceptors (Lipinski definition) is 7. The summed E-state index contributed by atoms with van der Waals surface area (Å²) in [5.41, 5.74) is 2.32. The molecule has 0 fully saturated rings. The molecule has 1 aromatic carbocycles. The highest BCUT2D eigenvalue weighted by Gasteiger charge is 2.25. The van der Waals surface area contributed by atoms with Crippen LogP contribution in [0.4, 0.5) is 10.8 Å². The maximum atomic E-state index is 12.8. The lowest BCUT2D eigenvalue weighted by atomic mass is 10.0. The van der Waals surface area contributed by atoms with E-state index in [1.165, 1.54) is 11.3 Å². The standard InChI is InChI=1S/C21H20N6O3S/c1-12(2)16(20(29)30)24-19(28)15-4-3-10-27-17(25-26-18(15)27)13-5-7-14(8-6-13)23-21-22-9-11-31-21/h3-12,16H,1-2H3,(H,22,23)(H,24,28)(H,29,30)/t16-/m0/s1. The van der Waals surface area contributed by atoms with Crippen LogP contribution in [-0.4, -0.2) is 42.6 Å². The molecule has 1 amide bonds. The Hall–Kier alpha value is -3.79. The fraction of sp³-hybridized carbons (Fsp3) is 0.190. The highest BCUT2D eigenvalue weighted by Crippen LogP contribution is 2.24. The van der Waals surface area contributed by atoms with Crippen molar-refractivity contribution in [2.45, 2.75) is 19.9 Å². The van der Waals surface area contributed by atoms with E-state index in [0.29, 0.717) is 11.5 Å². The molecule has 4 rings (SSSR count). The molecule has 3 heterocycles. The minimum Gasteiger partial charge on any atom is -0.480 e. The van der Waals surface area contributed by atoms with Crippen LogP contribution >= 0.6 is 11.3 Å². The lowest BCUT2D eigenvalue weighted by Crippen LogP contribution is -2.44. The lowest BCUT2D eigenvalue weighted by molar-refractivity contribution is -0.140. The molecule has 4 aromatic rings. The summed E-state index contributed by atoms with van der Waals surface area (Å²) in [4.78, 5) is 28.4. The lowest BCUT2D eigenvalue weighted by Gasteiger charge is -2.17. The molecule has 3 N–H and O–H groups in total. The number of hydrogen-bond donors (Lipinski definition) is 3. The normalized spacial score (nSPS) is 12.1. The summed E-state index contributed by atoms with van der Waals surface area (Å²) < 4.78 is 1.71. The van der Waals surface area contributed by atoms with Crippen molar-refractivity contribution in [3.05, 3.63) is 59.7 Å². The number of carboxylic acids is 1. The molecule has 158 valence electrons. The molecule has 0 spiro atoms. The number of fused-ring (bicyclic) bond motifs is 1. The maximum Gasteiger partial charge on any atom is 0.326 e. The van der Waals surface area contributed by atoms with Gasteiger partial charge in [-0.3, -0.25) is 9.20 Å². The summed E-state index contributed by atoms with van der Waals surface area (Å²) in [5, 5.41) is 26.3. The van der Waals surface area contributed by atoms with Crippen molar-refractivity contribution in [2.75, 3.05) is 5.32 Å². The van der Waals surface area contributed by atoms with E-state index in [4.69, 9.17) is 0 Å². The van der Waals surface area contributed by atoms with Crippen LogP contribution in [0.15, 0.2) is 54.2 Å². The Morgan fingerprint density at radius 3 is 2.55 bits per heavy atom. The molecule has 10 heteroatoms. The molecule has 31 heavy (non-hydrogen) atoms. The zero-order valence-electron chi connectivity index (χ0n) is 16.8. The van der Waals surface area contributed by atoms with Gasteiger partial charge in [-0.25, -0.2) is 9.78 Å². The zero-order valence-corrected chi connectivity index (χ0v) is 17.6. The third kappa shape index (κ3) is 4.24. The average molecular weight is 436 g/mol. The van der Waals surface area contributed by atoms with E-state index in [0.717, 1.165) is 16.4 Å². The number of pyridine rings is 1. The van der Waals surface area contributed by atoms with E-state index in [2.05, 4.69) is 25.8 Å². The maximum absolute atomic E-state index is 12.8. The van der Waals surface area contributed by atoms with E-state index in [9.17, 15) is 14.7 Å². The Kier molecular flexibility index (Phi) is 5.63. The van der Waals surface area contributed by atoms with Crippen molar-refractivity contribution >= 4 is 39.7 Å². The number of thiazole rings is 1. The molecule has 0 saturated heterocycles. The first-order valence-corrected chi connectivity index (χ1v) is 10.5. The number of benzene rings is 1. The Morgan fingerprint density at radius 2 is 1.90 bits per heavy atom. The van der Waals surface area contributed by atoms with Crippen LogP contribution in [0.3, 0.4) is 0 Å². The summed E-state index contributed by atoms with van der Waals surface area (Å²) in [7, 11) is 0. The van der Waals surface area contributed by atoms with Gasteiger partial charge in [0.1, 0.15) is 6.04 Å². The Morgan fingerprint density at radius 1 is 1.13 bits per heavy atom. The molecule has 9 nitrogen and oxygen atoms in total. The van der Waals surface area contributed by atoms with Crippen LogP contribution in [0, 0.1) is 5.92 Å². The average Bonchev–Trinajstić information content (AvgIpc) is 3.41. The van der Waals surface area contributed by atoms with E-state index in [1.807, 2.05) is 29.6 Å². The molecule has 3 aromatic heterocycles. The van der Waals surface area contributed by atoms with Gasteiger partial charge in [0.15, 0.2) is 16.6 Å². The fourth-order valence-electron chi connectivity index (χ4n) is 3.13. The highest BCUT2D eigenvalue weighted by atomic mass is 32.1. The first-order valence-electron chi connectivity index (χ1n) is 9.58. The third-order valence-corrected chi connectivity index (χ3v) is 5.41. The van der Waals surface area contributed by atoms with Crippen LogP contribution in [-0.2, 0) is 4.79 Å². The van der Waals surface area contributed by atoms with Gasteiger partial charge in [-0.15, -0.1) is 21.5 Å². The van der Waals surface area contributed by atoms with E-state index < -0.39 is 17.9 Å². The first-order chi connectivity index (χ1) is 14.9. The van der Waals surface area contributed by atoms with Gasteiger partial charge >= 0.3 is 5.97 Å². The number of anilines is 2. The molecule has 0 aliphatic heterocycles. The van der Waals surface area contributed by atoms with Crippen LogP contribution in [0.2, 0.25) is 0 Å². The van der Waals surface area contributed by atoms with Gasteiger partial charge in [-0.2, -0.15) is 0 Å². The quantitative estimate of drug-likeness (QED) is 0.406. The van der Waals surface area contributed by atoms with Crippen LogP contribution in [0.5, 0.6) is 0 Å². The molecular formula is C21H20N6O3S. The smallest absolute Gasteiger partial charge is 0.326 e. The Balaban J connectivity index is 1.61. The first kappa shape index (κ1) is 20.5. The second kappa shape index (κ2) is 8.52. The molecular weight excluding hydrogens is 416 g/mol. The van der Waals surface area contributed by atoms with Crippen LogP contribution < -0.4 is 10.6 Å². The number of aromatic nitrogens is 4. The molecule has 0 unspecified atom stereocenters. The van der Waals surface area contributed by atoms with Gasteiger partial charge < -0.3 is 15.7 Å². The van der Waals surface area contributed by atoms with Crippen LogP contribution in [0.1, 0.15) is 24.2 Å². The van der Waals surface area contributed by atoms with Crippen molar-refractivity contribution in [2.24, 2.45) is 5.92 Å². The van der Waals surface area contributed by atoms with Crippen LogP contribution in [0.25, 0.3) is 17.0 Å². The zero-order chi connectivity index (χ0) is 22.0. The van der Waals surface area contributed by atoms with E-state index in [1.54, 1.807) is 42.8 Å². The number of nitrogens with one attached hydrogen (secondary N) is 2. The van der Waals surface area contributed by atoms with Gasteiger partial charge in [0.05, 0.1) is 5.56 Å².